The van der Waals surface area contributed by atoms with Crippen LogP contribution in [-0.4, -0.2) is 38.5 Å². The van der Waals surface area contributed by atoms with Gasteiger partial charge in [-0.2, -0.15) is 0 Å². The molecule has 0 radical (unpaired) electrons. The fourth-order valence-corrected chi connectivity index (χ4v) is 5.13. The zero-order valence-corrected chi connectivity index (χ0v) is 18.6. The van der Waals surface area contributed by atoms with Crippen LogP contribution in [0.1, 0.15) is 26.7 Å². The Balaban J connectivity index is 1.43. The number of aromatic nitrogens is 1. The summed E-state index contributed by atoms with van der Waals surface area (Å²) in [6, 6.07) is 14.6. The highest BCUT2D eigenvalue weighted by atomic mass is 32.2. The summed E-state index contributed by atoms with van der Waals surface area (Å²) in [7, 11) is 0. The van der Waals surface area contributed by atoms with E-state index in [9.17, 15) is 4.79 Å². The first-order valence-electron chi connectivity index (χ1n) is 10.3. The largest absolute Gasteiger partial charge is 0.357 e. The third-order valence-corrected chi connectivity index (χ3v) is 7.26. The van der Waals surface area contributed by atoms with Crippen LogP contribution in [0.15, 0.2) is 42.5 Å². The number of anilines is 1. The monoisotopic (exact) mass is 425 g/mol. The van der Waals surface area contributed by atoms with E-state index in [0.717, 1.165) is 35.6 Å². The number of fused-ring (bicyclic) bond motifs is 3. The third-order valence-electron chi connectivity index (χ3n) is 5.74. The normalized spacial score (nSPS) is 15.2. The summed E-state index contributed by atoms with van der Waals surface area (Å²) in [5.74, 6) is 1.11. The standard InChI is InChI=1S/C23H27N3OS2/c1-3-26-20-7-5-4-6-18(20)19-14-17(8-9-21(19)26)24-22(27)15-29-23(28)25-12-10-16(2)11-13-25/h4-9,14,16H,3,10-13,15H2,1-2H3,(H,24,27). The maximum Gasteiger partial charge on any atom is 0.234 e. The summed E-state index contributed by atoms with van der Waals surface area (Å²) in [5, 5.41) is 5.43. The molecule has 0 atom stereocenters. The average molecular weight is 426 g/mol. The molecular weight excluding hydrogens is 398 g/mol. The highest BCUT2D eigenvalue weighted by molar-refractivity contribution is 8.23. The number of nitrogens with zero attached hydrogens (tertiary/aromatic N) is 2. The highest BCUT2D eigenvalue weighted by Gasteiger charge is 2.19. The number of thioether (sulfide) groups is 1. The van der Waals surface area contributed by atoms with Gasteiger partial charge in [-0.1, -0.05) is 49.1 Å². The lowest BCUT2D eigenvalue weighted by molar-refractivity contribution is -0.113. The maximum atomic E-state index is 12.5. The quantitative estimate of drug-likeness (QED) is 0.560. The summed E-state index contributed by atoms with van der Waals surface area (Å²) in [6.07, 6.45) is 2.36. The zero-order valence-electron chi connectivity index (χ0n) is 17.0. The van der Waals surface area contributed by atoms with Gasteiger partial charge in [0, 0.05) is 47.1 Å². The number of hydrogen-bond acceptors (Lipinski definition) is 3. The summed E-state index contributed by atoms with van der Waals surface area (Å²) in [5.41, 5.74) is 3.26. The van der Waals surface area contributed by atoms with Gasteiger partial charge in [0.05, 0.1) is 5.75 Å². The molecule has 0 saturated carbocycles. The maximum absolute atomic E-state index is 12.5. The minimum absolute atomic E-state index is 0.0127. The summed E-state index contributed by atoms with van der Waals surface area (Å²) < 4.78 is 3.15. The number of carbonyl (C=O) groups is 1. The second kappa shape index (κ2) is 8.76. The van der Waals surface area contributed by atoms with Crippen molar-refractivity contribution in [2.24, 2.45) is 5.92 Å². The van der Waals surface area contributed by atoms with Crippen molar-refractivity contribution < 1.29 is 4.79 Å². The van der Waals surface area contributed by atoms with Gasteiger partial charge in [-0.25, -0.2) is 0 Å². The van der Waals surface area contributed by atoms with Gasteiger partial charge in [-0.15, -0.1) is 0 Å². The van der Waals surface area contributed by atoms with Crippen LogP contribution < -0.4 is 5.32 Å². The minimum atomic E-state index is -0.0127. The lowest BCUT2D eigenvalue weighted by Crippen LogP contribution is -2.36. The first-order chi connectivity index (χ1) is 14.1. The Morgan fingerprint density at radius 1 is 1.14 bits per heavy atom. The molecule has 6 heteroatoms. The first kappa shape index (κ1) is 20.2. The topological polar surface area (TPSA) is 37.3 Å². The molecule has 29 heavy (non-hydrogen) atoms. The second-order valence-corrected chi connectivity index (χ2v) is 9.37. The fraction of sp³-hybridized carbons (Fsp3) is 0.391. The molecule has 3 aromatic rings. The molecule has 4 nitrogen and oxygen atoms in total. The molecule has 1 aliphatic heterocycles. The van der Waals surface area contributed by atoms with Gasteiger partial charge in [-0.05, 0) is 49.9 Å². The lowest BCUT2D eigenvalue weighted by atomic mass is 10.00. The van der Waals surface area contributed by atoms with E-state index in [1.165, 1.54) is 46.4 Å². The Hall–Kier alpha value is -2.05. The number of carbonyl (C=O) groups excluding carboxylic acids is 1. The molecule has 2 aromatic carbocycles. The Morgan fingerprint density at radius 2 is 1.86 bits per heavy atom. The van der Waals surface area contributed by atoms with Crippen molar-refractivity contribution in [2.75, 3.05) is 24.2 Å². The Kier molecular flexibility index (Phi) is 6.11. The first-order valence-corrected chi connectivity index (χ1v) is 11.7. The van der Waals surface area contributed by atoms with E-state index < -0.39 is 0 Å². The predicted octanol–water partition coefficient (Wildman–Crippen LogP) is 5.50. The van der Waals surface area contributed by atoms with E-state index in [-0.39, 0.29) is 5.91 Å². The number of amides is 1. The average Bonchev–Trinajstić information content (AvgIpc) is 3.05. The molecule has 4 rings (SSSR count). The van der Waals surface area contributed by atoms with E-state index >= 15 is 0 Å². The summed E-state index contributed by atoms with van der Waals surface area (Å²) in [6.45, 7) is 7.37. The number of thiocarbonyl (C=S) groups is 1. The van der Waals surface area contributed by atoms with Crippen molar-refractivity contribution in [1.82, 2.24) is 9.47 Å². The third kappa shape index (κ3) is 4.28. The van der Waals surface area contributed by atoms with Crippen molar-refractivity contribution in [2.45, 2.75) is 33.2 Å². The molecule has 1 N–H and O–H groups in total. The number of benzene rings is 2. The summed E-state index contributed by atoms with van der Waals surface area (Å²) in [4.78, 5) is 14.7. The highest BCUT2D eigenvalue weighted by Crippen LogP contribution is 2.31. The van der Waals surface area contributed by atoms with Crippen LogP contribution in [0.2, 0.25) is 0 Å². The van der Waals surface area contributed by atoms with Crippen molar-refractivity contribution in [3.63, 3.8) is 0 Å². The van der Waals surface area contributed by atoms with Crippen molar-refractivity contribution in [3.8, 4) is 0 Å². The molecule has 1 aromatic heterocycles. The molecule has 152 valence electrons. The number of aryl methyl sites for hydroxylation is 1. The van der Waals surface area contributed by atoms with Gasteiger partial charge >= 0.3 is 0 Å². The van der Waals surface area contributed by atoms with Crippen LogP contribution in [0, 0.1) is 5.92 Å². The van der Waals surface area contributed by atoms with Gasteiger partial charge in [0.2, 0.25) is 5.91 Å². The van der Waals surface area contributed by atoms with E-state index in [1.54, 1.807) is 0 Å². The van der Waals surface area contributed by atoms with Crippen LogP contribution in [0.5, 0.6) is 0 Å². The Labute approximate surface area is 181 Å². The van der Waals surface area contributed by atoms with Crippen LogP contribution in [-0.2, 0) is 11.3 Å². The molecule has 1 aliphatic rings. The molecule has 2 heterocycles. The number of hydrogen-bond donors (Lipinski definition) is 1. The van der Waals surface area contributed by atoms with Crippen LogP contribution in [0.4, 0.5) is 5.69 Å². The summed E-state index contributed by atoms with van der Waals surface area (Å²) >= 11 is 7.00. The fourth-order valence-electron chi connectivity index (χ4n) is 4.08. The number of para-hydroxylation sites is 1. The Morgan fingerprint density at radius 3 is 2.62 bits per heavy atom. The van der Waals surface area contributed by atoms with E-state index in [1.807, 2.05) is 6.07 Å². The van der Waals surface area contributed by atoms with Gasteiger partial charge < -0.3 is 14.8 Å². The number of piperidine rings is 1. The Bertz CT molecular complexity index is 1050. The lowest BCUT2D eigenvalue weighted by Gasteiger charge is -2.31. The number of rotatable bonds is 4. The molecule has 1 fully saturated rings. The number of likely N-dealkylation sites (tertiary alicyclic amines) is 1. The molecule has 0 unspecified atom stereocenters. The SMILES string of the molecule is CCn1c2ccccc2c2cc(NC(=O)CSC(=S)N3CCC(C)CC3)ccc21. The van der Waals surface area contributed by atoms with Crippen molar-refractivity contribution in [1.29, 1.82) is 0 Å². The molecule has 0 aliphatic carbocycles. The smallest absolute Gasteiger partial charge is 0.234 e. The minimum Gasteiger partial charge on any atom is -0.357 e. The zero-order chi connectivity index (χ0) is 20.4. The van der Waals surface area contributed by atoms with Crippen molar-refractivity contribution >= 4 is 61.7 Å². The molecule has 0 spiro atoms. The predicted molar refractivity (Wildman–Crippen MR) is 129 cm³/mol. The van der Waals surface area contributed by atoms with Gasteiger partial charge in [0.15, 0.2) is 0 Å². The van der Waals surface area contributed by atoms with E-state index in [2.05, 4.69) is 65.0 Å². The molecule has 1 amide bonds. The molecule has 1 saturated heterocycles. The van der Waals surface area contributed by atoms with E-state index in [0.29, 0.717) is 5.75 Å². The van der Waals surface area contributed by atoms with Gasteiger partial charge in [-0.3, -0.25) is 4.79 Å². The van der Waals surface area contributed by atoms with E-state index in [4.69, 9.17) is 12.2 Å². The second-order valence-electron chi connectivity index (χ2n) is 7.77. The van der Waals surface area contributed by atoms with Gasteiger partial charge in [0.1, 0.15) is 4.32 Å². The van der Waals surface area contributed by atoms with Crippen molar-refractivity contribution in [3.05, 3.63) is 42.5 Å². The van der Waals surface area contributed by atoms with Gasteiger partial charge in [0.25, 0.3) is 0 Å². The van der Waals surface area contributed by atoms with Crippen LogP contribution in [0.3, 0.4) is 0 Å². The molecular formula is C23H27N3OS2. The van der Waals surface area contributed by atoms with Crippen LogP contribution >= 0.6 is 24.0 Å². The molecule has 0 bridgehead atoms. The number of nitrogens with one attached hydrogen (secondary N) is 1. The van der Waals surface area contributed by atoms with Crippen LogP contribution in [0.25, 0.3) is 21.8 Å².